The number of methoxy groups -OCH3 is 1. The van der Waals surface area contributed by atoms with E-state index >= 15 is 0 Å². The second kappa shape index (κ2) is 6.65. The van der Waals surface area contributed by atoms with Gasteiger partial charge in [-0.3, -0.25) is 4.79 Å². The van der Waals surface area contributed by atoms with Gasteiger partial charge in [0.05, 0.1) is 24.4 Å². The number of allylic oxidation sites excluding steroid dienone is 2. The quantitative estimate of drug-likeness (QED) is 0.810. The molecule has 5 nitrogen and oxygen atoms in total. The molecule has 140 valence electrons. The Morgan fingerprint density at radius 2 is 2.07 bits per heavy atom. The van der Waals surface area contributed by atoms with Gasteiger partial charge >= 0.3 is 0 Å². The molecule has 27 heavy (non-hydrogen) atoms. The lowest BCUT2D eigenvalue weighted by atomic mass is 9.76. The summed E-state index contributed by atoms with van der Waals surface area (Å²) in [6.07, 6.45) is 5.41. The van der Waals surface area contributed by atoms with Gasteiger partial charge in [0.2, 0.25) is 0 Å². The number of benzene rings is 2. The van der Waals surface area contributed by atoms with Crippen LogP contribution in [0.25, 0.3) is 0 Å². The van der Waals surface area contributed by atoms with Crippen molar-refractivity contribution >= 4 is 11.6 Å². The van der Waals surface area contributed by atoms with Crippen LogP contribution in [-0.4, -0.2) is 37.1 Å². The van der Waals surface area contributed by atoms with Crippen LogP contribution in [0.15, 0.2) is 48.6 Å². The number of amides is 1. The Balaban J connectivity index is 1.80. The third kappa shape index (κ3) is 2.83. The van der Waals surface area contributed by atoms with E-state index < -0.39 is 0 Å². The summed E-state index contributed by atoms with van der Waals surface area (Å²) in [6.45, 7) is 0. The molecule has 2 aromatic carbocycles. The first kappa shape index (κ1) is 17.5. The van der Waals surface area contributed by atoms with Crippen molar-refractivity contribution in [1.29, 1.82) is 0 Å². The lowest BCUT2D eigenvalue weighted by Crippen LogP contribution is -2.31. The Morgan fingerprint density at radius 1 is 1.26 bits per heavy atom. The standard InChI is InChI=1S/C22H24N2O3/c1-24(2)22(26)17-9-5-8-16-14-6-4-7-15(14)20(23-21(16)17)13-10-11-19(27-3)18(25)12-13/h4-6,8-12,14-15,20,23,25H,7H2,1-3H3. The van der Waals surface area contributed by atoms with E-state index in [0.717, 1.165) is 23.2 Å². The highest BCUT2D eigenvalue weighted by Crippen LogP contribution is 2.51. The fourth-order valence-corrected chi connectivity index (χ4v) is 4.27. The summed E-state index contributed by atoms with van der Waals surface area (Å²) in [6, 6.07) is 11.5. The molecule has 0 saturated heterocycles. The van der Waals surface area contributed by atoms with E-state index in [-0.39, 0.29) is 23.6 Å². The minimum Gasteiger partial charge on any atom is -0.504 e. The third-order valence-electron chi connectivity index (χ3n) is 5.60. The van der Waals surface area contributed by atoms with Crippen LogP contribution < -0.4 is 10.1 Å². The fraction of sp³-hybridized carbons (Fsp3) is 0.318. The third-order valence-corrected chi connectivity index (χ3v) is 5.60. The molecule has 2 aromatic rings. The maximum absolute atomic E-state index is 12.7. The van der Waals surface area contributed by atoms with E-state index in [1.165, 1.54) is 0 Å². The van der Waals surface area contributed by atoms with Gasteiger partial charge in [0, 0.05) is 20.0 Å². The molecule has 1 amide bonds. The summed E-state index contributed by atoms with van der Waals surface area (Å²) in [5.41, 5.74) is 3.73. The molecule has 3 atom stereocenters. The molecule has 3 unspecified atom stereocenters. The number of aromatic hydroxyl groups is 1. The molecule has 1 aliphatic heterocycles. The Bertz CT molecular complexity index is 920. The molecule has 0 spiro atoms. The molecule has 2 N–H and O–H groups in total. The number of rotatable bonds is 3. The molecule has 1 heterocycles. The first-order valence-electron chi connectivity index (χ1n) is 9.16. The summed E-state index contributed by atoms with van der Waals surface area (Å²) in [7, 11) is 5.07. The molecule has 0 fully saturated rings. The summed E-state index contributed by atoms with van der Waals surface area (Å²) in [5.74, 6) is 1.17. The Morgan fingerprint density at radius 3 is 2.78 bits per heavy atom. The smallest absolute Gasteiger partial charge is 0.255 e. The molecule has 4 rings (SSSR count). The van der Waals surface area contributed by atoms with Crippen molar-refractivity contribution in [2.45, 2.75) is 18.4 Å². The number of ether oxygens (including phenoxy) is 1. The number of para-hydroxylation sites is 1. The zero-order valence-corrected chi connectivity index (χ0v) is 15.8. The van der Waals surface area contributed by atoms with E-state index in [9.17, 15) is 9.90 Å². The summed E-state index contributed by atoms with van der Waals surface area (Å²) >= 11 is 0. The molecular formula is C22H24N2O3. The highest BCUT2D eigenvalue weighted by Gasteiger charge is 2.39. The van der Waals surface area contributed by atoms with Crippen LogP contribution in [0.1, 0.15) is 39.9 Å². The number of nitrogens with zero attached hydrogens (tertiary/aromatic N) is 1. The fourth-order valence-electron chi connectivity index (χ4n) is 4.27. The van der Waals surface area contributed by atoms with Crippen molar-refractivity contribution in [3.05, 3.63) is 65.2 Å². The Hall–Kier alpha value is -2.95. The Labute approximate surface area is 159 Å². The van der Waals surface area contributed by atoms with Crippen LogP contribution in [0.5, 0.6) is 11.5 Å². The SMILES string of the molecule is COc1ccc(C2Nc3c(C(=O)N(C)C)cccc3C3C=CCC32)cc1O. The average molecular weight is 364 g/mol. The number of carbonyl (C=O) groups is 1. The molecule has 0 saturated carbocycles. The van der Waals surface area contributed by atoms with E-state index in [2.05, 4.69) is 23.5 Å². The Kier molecular flexibility index (Phi) is 4.30. The summed E-state index contributed by atoms with van der Waals surface area (Å²) in [5, 5.41) is 13.9. The van der Waals surface area contributed by atoms with Crippen LogP contribution in [0.2, 0.25) is 0 Å². The van der Waals surface area contributed by atoms with Gasteiger partial charge in [0.25, 0.3) is 5.91 Å². The highest BCUT2D eigenvalue weighted by atomic mass is 16.5. The number of hydrogen-bond donors (Lipinski definition) is 2. The maximum Gasteiger partial charge on any atom is 0.255 e. The molecule has 1 aliphatic carbocycles. The highest BCUT2D eigenvalue weighted by molar-refractivity contribution is 6.00. The van der Waals surface area contributed by atoms with Crippen molar-refractivity contribution in [2.75, 3.05) is 26.5 Å². The number of carbonyl (C=O) groups excluding carboxylic acids is 1. The number of hydrogen-bond acceptors (Lipinski definition) is 4. The monoisotopic (exact) mass is 364 g/mol. The van der Waals surface area contributed by atoms with Gasteiger partial charge in [0.1, 0.15) is 0 Å². The molecular weight excluding hydrogens is 340 g/mol. The average Bonchev–Trinajstić information content (AvgIpc) is 3.16. The predicted octanol–water partition coefficient (Wildman–Crippen LogP) is 3.93. The number of fused-ring (bicyclic) bond motifs is 3. The van der Waals surface area contributed by atoms with Crippen LogP contribution in [-0.2, 0) is 0 Å². The van der Waals surface area contributed by atoms with Crippen molar-refractivity contribution in [2.24, 2.45) is 5.92 Å². The zero-order chi connectivity index (χ0) is 19.1. The van der Waals surface area contributed by atoms with Crippen LogP contribution in [0, 0.1) is 5.92 Å². The van der Waals surface area contributed by atoms with Gasteiger partial charge in [-0.25, -0.2) is 0 Å². The van der Waals surface area contributed by atoms with E-state index in [1.807, 2.05) is 18.2 Å². The minimum absolute atomic E-state index is 0.00502. The largest absolute Gasteiger partial charge is 0.504 e. The predicted molar refractivity (Wildman–Crippen MR) is 105 cm³/mol. The molecule has 2 aliphatic rings. The van der Waals surface area contributed by atoms with Gasteiger partial charge < -0.3 is 20.1 Å². The van der Waals surface area contributed by atoms with E-state index in [1.54, 1.807) is 38.2 Å². The van der Waals surface area contributed by atoms with Crippen molar-refractivity contribution < 1.29 is 14.6 Å². The maximum atomic E-state index is 12.7. The van der Waals surface area contributed by atoms with Gasteiger partial charge in [0.15, 0.2) is 11.5 Å². The lowest BCUT2D eigenvalue weighted by Gasteiger charge is -2.38. The first-order chi connectivity index (χ1) is 13.0. The molecule has 0 bridgehead atoms. The van der Waals surface area contributed by atoms with Gasteiger partial charge in [-0.1, -0.05) is 30.4 Å². The summed E-state index contributed by atoms with van der Waals surface area (Å²) in [4.78, 5) is 14.3. The minimum atomic E-state index is -0.0175. The van der Waals surface area contributed by atoms with Crippen LogP contribution in [0.3, 0.4) is 0 Å². The topological polar surface area (TPSA) is 61.8 Å². The molecule has 0 aromatic heterocycles. The number of anilines is 1. The van der Waals surface area contributed by atoms with Gasteiger partial charge in [-0.05, 0) is 41.7 Å². The van der Waals surface area contributed by atoms with Crippen LogP contribution >= 0.6 is 0 Å². The van der Waals surface area contributed by atoms with Gasteiger partial charge in [-0.15, -0.1) is 0 Å². The van der Waals surface area contributed by atoms with Crippen molar-refractivity contribution in [3.8, 4) is 11.5 Å². The van der Waals surface area contributed by atoms with Crippen LogP contribution in [0.4, 0.5) is 5.69 Å². The van der Waals surface area contributed by atoms with Gasteiger partial charge in [-0.2, -0.15) is 0 Å². The van der Waals surface area contributed by atoms with E-state index in [4.69, 9.17) is 4.74 Å². The second-order valence-corrected chi connectivity index (χ2v) is 7.38. The normalized spacial score (nSPS) is 22.6. The lowest BCUT2D eigenvalue weighted by molar-refractivity contribution is 0.0828. The summed E-state index contributed by atoms with van der Waals surface area (Å²) < 4.78 is 5.17. The van der Waals surface area contributed by atoms with E-state index in [0.29, 0.717) is 17.2 Å². The molecule has 5 heteroatoms. The zero-order valence-electron chi connectivity index (χ0n) is 15.8. The first-order valence-corrected chi connectivity index (χ1v) is 9.16. The number of nitrogens with one attached hydrogen (secondary N) is 1. The van der Waals surface area contributed by atoms with Crippen molar-refractivity contribution in [3.63, 3.8) is 0 Å². The second-order valence-electron chi connectivity index (χ2n) is 7.38. The number of phenols is 1. The van der Waals surface area contributed by atoms with Crippen molar-refractivity contribution in [1.82, 2.24) is 4.90 Å². The molecule has 0 radical (unpaired) electrons. The number of phenolic OH excluding ortho intramolecular Hbond substituents is 1.